The molecule has 0 radical (unpaired) electrons. The zero-order chi connectivity index (χ0) is 18.5. The van der Waals surface area contributed by atoms with Gasteiger partial charge in [0.05, 0.1) is 24.6 Å². The molecule has 1 saturated heterocycles. The number of aromatic nitrogens is 4. The maximum Gasteiger partial charge on any atom is 0.245 e. The Morgan fingerprint density at radius 3 is 3.00 bits per heavy atom. The minimum atomic E-state index is 0.136. The fourth-order valence-electron chi connectivity index (χ4n) is 3.17. The molecule has 1 unspecified atom stereocenters. The molecule has 1 aromatic carbocycles. The van der Waals surface area contributed by atoms with Crippen LogP contribution in [0.5, 0.6) is 0 Å². The maximum atomic E-state index is 6.09. The van der Waals surface area contributed by atoms with E-state index in [1.54, 1.807) is 12.4 Å². The Morgan fingerprint density at radius 2 is 2.15 bits per heavy atom. The first-order valence-electron chi connectivity index (χ1n) is 8.99. The molecule has 138 valence electrons. The molecule has 27 heavy (non-hydrogen) atoms. The molecule has 1 aliphatic heterocycles. The van der Waals surface area contributed by atoms with Gasteiger partial charge in [0, 0.05) is 36.1 Å². The fourth-order valence-corrected chi connectivity index (χ4v) is 3.36. The summed E-state index contributed by atoms with van der Waals surface area (Å²) in [6.45, 7) is 2.21. The lowest BCUT2D eigenvalue weighted by Crippen LogP contribution is -2.40. The Labute approximate surface area is 163 Å². The van der Waals surface area contributed by atoms with Crippen LogP contribution in [0.1, 0.15) is 18.4 Å². The summed E-state index contributed by atoms with van der Waals surface area (Å²) in [5.41, 5.74) is 2.77. The molecule has 7 heteroatoms. The number of halogens is 1. The molecule has 0 bridgehead atoms. The zero-order valence-electron chi connectivity index (χ0n) is 14.8. The van der Waals surface area contributed by atoms with E-state index in [2.05, 4.69) is 25.1 Å². The van der Waals surface area contributed by atoms with Gasteiger partial charge >= 0.3 is 0 Å². The van der Waals surface area contributed by atoms with E-state index < -0.39 is 0 Å². The summed E-state index contributed by atoms with van der Waals surface area (Å²) in [6, 6.07) is 11.5. The van der Waals surface area contributed by atoms with Crippen LogP contribution in [0.4, 0.5) is 5.95 Å². The zero-order valence-corrected chi connectivity index (χ0v) is 15.6. The van der Waals surface area contributed by atoms with Crippen molar-refractivity contribution in [2.24, 2.45) is 0 Å². The van der Waals surface area contributed by atoms with Gasteiger partial charge in [-0.05, 0) is 36.6 Å². The molecule has 3 heterocycles. The van der Waals surface area contributed by atoms with E-state index in [1.165, 1.54) is 0 Å². The van der Waals surface area contributed by atoms with Gasteiger partial charge in [0.1, 0.15) is 0 Å². The second-order valence-electron chi connectivity index (χ2n) is 6.53. The van der Waals surface area contributed by atoms with E-state index in [9.17, 15) is 0 Å². The van der Waals surface area contributed by atoms with E-state index in [4.69, 9.17) is 16.3 Å². The van der Waals surface area contributed by atoms with Crippen LogP contribution in [0, 0.1) is 0 Å². The smallest absolute Gasteiger partial charge is 0.245 e. The standard InChI is InChI=1S/C20H20ClN5O/c21-17-6-1-5-16(10-17)19-12-23-25-20(24-19)26-9-3-7-18(13-26)27-14-15-4-2-8-22-11-15/h1-2,4-6,8,10-12,18H,3,7,9,13-14H2. The second kappa shape index (κ2) is 8.41. The Hall–Kier alpha value is -2.57. The maximum absolute atomic E-state index is 6.09. The van der Waals surface area contributed by atoms with Crippen LogP contribution in [0.3, 0.4) is 0 Å². The molecule has 1 aliphatic rings. The van der Waals surface area contributed by atoms with Crippen molar-refractivity contribution in [3.05, 3.63) is 65.6 Å². The Bertz CT molecular complexity index is 892. The highest BCUT2D eigenvalue weighted by Crippen LogP contribution is 2.23. The van der Waals surface area contributed by atoms with Crippen molar-refractivity contribution >= 4 is 17.5 Å². The van der Waals surface area contributed by atoms with Gasteiger partial charge in [0.15, 0.2) is 0 Å². The first-order chi connectivity index (χ1) is 13.3. The minimum Gasteiger partial charge on any atom is -0.372 e. The van der Waals surface area contributed by atoms with Crippen molar-refractivity contribution in [3.63, 3.8) is 0 Å². The largest absolute Gasteiger partial charge is 0.372 e. The fraction of sp³-hybridized carbons (Fsp3) is 0.300. The van der Waals surface area contributed by atoms with Crippen LogP contribution in [0.15, 0.2) is 55.0 Å². The van der Waals surface area contributed by atoms with Crippen LogP contribution in [-0.2, 0) is 11.3 Å². The molecule has 0 amide bonds. The van der Waals surface area contributed by atoms with Crippen molar-refractivity contribution in [1.82, 2.24) is 20.2 Å². The van der Waals surface area contributed by atoms with Gasteiger partial charge in [0.2, 0.25) is 5.95 Å². The van der Waals surface area contributed by atoms with Gasteiger partial charge in [0.25, 0.3) is 0 Å². The van der Waals surface area contributed by atoms with Crippen LogP contribution in [0.2, 0.25) is 5.02 Å². The van der Waals surface area contributed by atoms with Crippen molar-refractivity contribution < 1.29 is 4.74 Å². The number of piperidine rings is 1. The molecule has 1 atom stereocenters. The lowest BCUT2D eigenvalue weighted by Gasteiger charge is -2.32. The first-order valence-corrected chi connectivity index (χ1v) is 9.37. The molecule has 4 rings (SSSR count). The van der Waals surface area contributed by atoms with E-state index in [-0.39, 0.29) is 6.10 Å². The summed E-state index contributed by atoms with van der Waals surface area (Å²) in [6.07, 6.45) is 7.46. The van der Waals surface area contributed by atoms with Gasteiger partial charge in [-0.25, -0.2) is 4.98 Å². The van der Waals surface area contributed by atoms with Crippen LogP contribution >= 0.6 is 11.6 Å². The number of nitrogens with zero attached hydrogens (tertiary/aromatic N) is 5. The number of hydrogen-bond donors (Lipinski definition) is 0. The number of hydrogen-bond acceptors (Lipinski definition) is 6. The summed E-state index contributed by atoms with van der Waals surface area (Å²) in [5, 5.41) is 9.04. The third-order valence-corrected chi connectivity index (χ3v) is 4.77. The van der Waals surface area contributed by atoms with Crippen molar-refractivity contribution in [1.29, 1.82) is 0 Å². The predicted octanol–water partition coefficient (Wildman–Crippen LogP) is 3.77. The van der Waals surface area contributed by atoms with Gasteiger partial charge < -0.3 is 9.64 Å². The molecule has 0 spiro atoms. The average Bonchev–Trinajstić information content (AvgIpc) is 2.73. The van der Waals surface area contributed by atoms with Crippen LogP contribution < -0.4 is 4.90 Å². The number of pyridine rings is 1. The topological polar surface area (TPSA) is 64.0 Å². The van der Waals surface area contributed by atoms with E-state index in [0.717, 1.165) is 42.8 Å². The average molecular weight is 382 g/mol. The number of anilines is 1. The van der Waals surface area contributed by atoms with Gasteiger partial charge in [-0.3, -0.25) is 4.98 Å². The lowest BCUT2D eigenvalue weighted by atomic mass is 10.1. The Kier molecular flexibility index (Phi) is 5.55. The predicted molar refractivity (Wildman–Crippen MR) is 105 cm³/mol. The molecule has 2 aromatic heterocycles. The van der Waals surface area contributed by atoms with E-state index >= 15 is 0 Å². The summed E-state index contributed by atoms with van der Waals surface area (Å²) < 4.78 is 6.08. The highest BCUT2D eigenvalue weighted by molar-refractivity contribution is 6.30. The van der Waals surface area contributed by atoms with E-state index in [0.29, 0.717) is 17.6 Å². The quantitative estimate of drug-likeness (QED) is 0.670. The SMILES string of the molecule is Clc1cccc(-c2cnnc(N3CCCC(OCc4cccnc4)C3)n2)c1. The normalized spacial score (nSPS) is 17.1. The summed E-state index contributed by atoms with van der Waals surface area (Å²) >= 11 is 6.09. The molecule has 0 saturated carbocycles. The minimum absolute atomic E-state index is 0.136. The van der Waals surface area contributed by atoms with Gasteiger partial charge in [-0.2, -0.15) is 5.10 Å². The number of rotatable bonds is 5. The van der Waals surface area contributed by atoms with Crippen LogP contribution in [-0.4, -0.2) is 39.4 Å². The first kappa shape index (κ1) is 17.8. The molecular weight excluding hydrogens is 362 g/mol. The summed E-state index contributed by atoms with van der Waals surface area (Å²) in [7, 11) is 0. The molecule has 0 N–H and O–H groups in total. The Balaban J connectivity index is 1.44. The number of benzene rings is 1. The molecule has 0 aliphatic carbocycles. The van der Waals surface area contributed by atoms with Gasteiger partial charge in [-0.15, -0.1) is 5.10 Å². The highest BCUT2D eigenvalue weighted by Gasteiger charge is 2.23. The van der Waals surface area contributed by atoms with E-state index in [1.807, 2.05) is 42.6 Å². The molecular formula is C20H20ClN5O. The van der Waals surface area contributed by atoms with Crippen molar-refractivity contribution in [3.8, 4) is 11.3 Å². The molecule has 6 nitrogen and oxygen atoms in total. The monoisotopic (exact) mass is 381 g/mol. The highest BCUT2D eigenvalue weighted by atomic mass is 35.5. The second-order valence-corrected chi connectivity index (χ2v) is 6.97. The Morgan fingerprint density at radius 1 is 1.19 bits per heavy atom. The van der Waals surface area contributed by atoms with Crippen molar-refractivity contribution in [2.75, 3.05) is 18.0 Å². The molecule has 3 aromatic rings. The third-order valence-electron chi connectivity index (χ3n) is 4.54. The number of ether oxygens (including phenoxy) is 1. The molecule has 1 fully saturated rings. The van der Waals surface area contributed by atoms with Crippen LogP contribution in [0.25, 0.3) is 11.3 Å². The summed E-state index contributed by atoms with van der Waals surface area (Å²) in [4.78, 5) is 11.0. The third kappa shape index (κ3) is 4.59. The van der Waals surface area contributed by atoms with Crippen molar-refractivity contribution in [2.45, 2.75) is 25.6 Å². The van der Waals surface area contributed by atoms with Gasteiger partial charge in [-0.1, -0.05) is 29.8 Å². The summed E-state index contributed by atoms with van der Waals surface area (Å²) in [5.74, 6) is 0.627. The lowest BCUT2D eigenvalue weighted by molar-refractivity contribution is 0.0311.